The highest BCUT2D eigenvalue weighted by Crippen LogP contribution is 2.65. The molecule has 2 heteroatoms. The van der Waals surface area contributed by atoms with Crippen LogP contribution in [0, 0.1) is 16.7 Å². The van der Waals surface area contributed by atoms with E-state index in [4.69, 9.17) is 0 Å². The number of hydrogen-bond acceptors (Lipinski definition) is 2. The minimum Gasteiger partial charge on any atom is -0.294 e. The molecule has 2 aliphatic carbocycles. The number of benzene rings is 1. The van der Waals surface area contributed by atoms with Crippen molar-refractivity contribution < 1.29 is 4.79 Å². The summed E-state index contributed by atoms with van der Waals surface area (Å²) in [6, 6.07) is 9.85. The van der Waals surface area contributed by atoms with Crippen molar-refractivity contribution in [2.45, 2.75) is 79.9 Å². The van der Waals surface area contributed by atoms with Crippen LogP contribution in [-0.4, -0.2) is 22.8 Å². The van der Waals surface area contributed by atoms with Gasteiger partial charge in [-0.1, -0.05) is 45.0 Å². The van der Waals surface area contributed by atoms with E-state index in [1.165, 1.54) is 5.56 Å². The Bertz CT molecular complexity index is 702. The fraction of sp³-hybridized carbons (Fsp3) is 0.625. The fourth-order valence-corrected chi connectivity index (χ4v) is 5.17. The molecule has 0 saturated heterocycles. The normalized spacial score (nSPS) is 28.9. The molecular formula is C24H35NO. The predicted molar refractivity (Wildman–Crippen MR) is 110 cm³/mol. The minimum atomic E-state index is -0.168. The van der Waals surface area contributed by atoms with Gasteiger partial charge >= 0.3 is 0 Å². The number of carbonyl (C=O) groups is 1. The molecule has 2 bridgehead atoms. The summed E-state index contributed by atoms with van der Waals surface area (Å²) in [5.74, 6) is 0.797. The maximum atomic E-state index is 13.0. The summed E-state index contributed by atoms with van der Waals surface area (Å²) in [6.07, 6.45) is 4.35. The van der Waals surface area contributed by atoms with Crippen molar-refractivity contribution in [1.82, 2.24) is 4.90 Å². The van der Waals surface area contributed by atoms with Crippen LogP contribution >= 0.6 is 0 Å². The Morgan fingerprint density at radius 3 is 2.12 bits per heavy atom. The van der Waals surface area contributed by atoms with Crippen LogP contribution < -0.4 is 0 Å². The van der Waals surface area contributed by atoms with Crippen LogP contribution in [0.25, 0.3) is 6.08 Å². The molecular weight excluding hydrogens is 318 g/mol. The Morgan fingerprint density at radius 2 is 1.65 bits per heavy atom. The Hall–Kier alpha value is -1.41. The van der Waals surface area contributed by atoms with Crippen molar-refractivity contribution >= 4 is 11.9 Å². The smallest absolute Gasteiger partial charge is 0.165 e. The minimum absolute atomic E-state index is 0.0882. The summed E-state index contributed by atoms with van der Waals surface area (Å²) in [5, 5.41) is 0. The summed E-state index contributed by atoms with van der Waals surface area (Å²) in [7, 11) is 0. The van der Waals surface area contributed by atoms with E-state index in [1.54, 1.807) is 0 Å². The van der Waals surface area contributed by atoms with Crippen LogP contribution in [0.2, 0.25) is 0 Å². The van der Waals surface area contributed by atoms with Crippen LogP contribution in [0.15, 0.2) is 29.8 Å². The van der Waals surface area contributed by atoms with Gasteiger partial charge in [-0.05, 0) is 74.6 Å². The summed E-state index contributed by atoms with van der Waals surface area (Å²) in [4.78, 5) is 15.5. The fourth-order valence-electron chi connectivity index (χ4n) is 5.17. The molecule has 2 aliphatic rings. The maximum Gasteiger partial charge on any atom is 0.165 e. The third-order valence-electron chi connectivity index (χ3n) is 7.36. The van der Waals surface area contributed by atoms with Gasteiger partial charge in [0.25, 0.3) is 0 Å². The topological polar surface area (TPSA) is 20.3 Å². The Labute approximate surface area is 159 Å². The highest BCUT2D eigenvalue weighted by molar-refractivity contribution is 6.07. The number of nitrogens with zero attached hydrogens (tertiary/aromatic N) is 1. The van der Waals surface area contributed by atoms with Gasteiger partial charge in [-0.3, -0.25) is 9.69 Å². The van der Waals surface area contributed by atoms with Crippen molar-refractivity contribution in [3.05, 3.63) is 41.0 Å². The molecule has 0 aromatic heterocycles. The lowest BCUT2D eigenvalue weighted by Crippen LogP contribution is -2.36. The van der Waals surface area contributed by atoms with E-state index in [2.05, 4.69) is 83.7 Å². The molecule has 2 saturated carbocycles. The van der Waals surface area contributed by atoms with Crippen molar-refractivity contribution in [2.75, 3.05) is 0 Å². The quantitative estimate of drug-likeness (QED) is 0.632. The van der Waals surface area contributed by atoms with Gasteiger partial charge in [0.05, 0.1) is 0 Å². The maximum absolute atomic E-state index is 13.0. The predicted octanol–water partition coefficient (Wildman–Crippen LogP) is 5.71. The standard InChI is InChI=1S/C24H35NO/c1-16(2)25(17(3)4)15-19-10-8-18(9-11-19)14-20-21-12-13-24(7,22(20)26)23(21,5)6/h8-11,14,16-17,21H,12-13,15H2,1-7H3/b20-14+. The van der Waals surface area contributed by atoms with Gasteiger partial charge in [0.2, 0.25) is 0 Å². The molecule has 2 fully saturated rings. The van der Waals surface area contributed by atoms with Crippen molar-refractivity contribution in [1.29, 1.82) is 0 Å². The van der Waals surface area contributed by atoms with Crippen LogP contribution in [0.5, 0.6) is 0 Å². The van der Waals surface area contributed by atoms with Crippen LogP contribution in [0.3, 0.4) is 0 Å². The lowest BCUT2D eigenvalue weighted by molar-refractivity contribution is -0.125. The first-order valence-corrected chi connectivity index (χ1v) is 10.2. The molecule has 0 radical (unpaired) electrons. The summed E-state index contributed by atoms with van der Waals surface area (Å²) in [6.45, 7) is 16.7. The number of rotatable bonds is 5. The zero-order valence-electron chi connectivity index (χ0n) is 17.6. The number of ketones is 1. The number of Topliss-reactive ketones (excluding diaryl/α,β-unsaturated/α-hetero) is 1. The van der Waals surface area contributed by atoms with E-state index in [9.17, 15) is 4.79 Å². The van der Waals surface area contributed by atoms with E-state index in [-0.39, 0.29) is 10.8 Å². The molecule has 3 rings (SSSR count). The van der Waals surface area contributed by atoms with Crippen LogP contribution in [0.4, 0.5) is 0 Å². The van der Waals surface area contributed by atoms with Gasteiger partial charge < -0.3 is 0 Å². The summed E-state index contributed by atoms with van der Waals surface area (Å²) in [5.41, 5.74) is 3.47. The average Bonchev–Trinajstić information content (AvgIpc) is 2.87. The van der Waals surface area contributed by atoms with E-state index < -0.39 is 0 Å². The molecule has 2 unspecified atom stereocenters. The lowest BCUT2D eigenvalue weighted by atomic mass is 9.70. The van der Waals surface area contributed by atoms with Crippen molar-refractivity contribution in [3.63, 3.8) is 0 Å². The monoisotopic (exact) mass is 353 g/mol. The van der Waals surface area contributed by atoms with E-state index >= 15 is 0 Å². The first-order valence-electron chi connectivity index (χ1n) is 10.2. The van der Waals surface area contributed by atoms with Gasteiger partial charge in [0.1, 0.15) is 0 Å². The van der Waals surface area contributed by atoms with Crippen molar-refractivity contribution in [2.24, 2.45) is 16.7 Å². The number of hydrogen-bond donors (Lipinski definition) is 0. The molecule has 1 aromatic carbocycles. The first kappa shape index (κ1) is 19.4. The molecule has 2 nitrogen and oxygen atoms in total. The number of allylic oxidation sites excluding steroid dienone is 1. The average molecular weight is 354 g/mol. The molecule has 142 valence electrons. The van der Waals surface area contributed by atoms with Gasteiger partial charge in [0, 0.05) is 24.0 Å². The second-order valence-electron chi connectivity index (χ2n) is 9.68. The lowest BCUT2D eigenvalue weighted by Gasteiger charge is -2.31. The Morgan fingerprint density at radius 1 is 1.08 bits per heavy atom. The highest BCUT2D eigenvalue weighted by Gasteiger charge is 2.63. The second kappa shape index (κ2) is 6.64. The van der Waals surface area contributed by atoms with Gasteiger partial charge in [-0.25, -0.2) is 0 Å². The van der Waals surface area contributed by atoms with Crippen molar-refractivity contribution in [3.8, 4) is 0 Å². The number of fused-ring (bicyclic) bond motifs is 2. The zero-order chi connectivity index (χ0) is 19.3. The highest BCUT2D eigenvalue weighted by atomic mass is 16.1. The van der Waals surface area contributed by atoms with Gasteiger partial charge in [-0.15, -0.1) is 0 Å². The summed E-state index contributed by atoms with van der Waals surface area (Å²) < 4.78 is 0. The largest absolute Gasteiger partial charge is 0.294 e. The summed E-state index contributed by atoms with van der Waals surface area (Å²) >= 11 is 0. The van der Waals surface area contributed by atoms with Gasteiger partial charge in [-0.2, -0.15) is 0 Å². The third kappa shape index (κ3) is 2.97. The zero-order valence-corrected chi connectivity index (χ0v) is 17.6. The molecule has 1 aromatic rings. The SMILES string of the molecule is CC(C)N(Cc1ccc(/C=C2/C(=O)C3(C)CCC2C3(C)C)cc1)C(C)C. The molecule has 0 aliphatic heterocycles. The van der Waals surface area contributed by atoms with Crippen LogP contribution in [-0.2, 0) is 11.3 Å². The second-order valence-corrected chi connectivity index (χ2v) is 9.68. The molecule has 2 atom stereocenters. The molecule has 26 heavy (non-hydrogen) atoms. The van der Waals surface area contributed by atoms with Crippen LogP contribution in [0.1, 0.15) is 72.4 Å². The molecule has 0 heterocycles. The van der Waals surface area contributed by atoms with E-state index in [0.717, 1.165) is 30.5 Å². The number of carbonyl (C=O) groups excluding carboxylic acids is 1. The molecule has 0 N–H and O–H groups in total. The van der Waals surface area contributed by atoms with E-state index in [1.807, 2.05) is 0 Å². The van der Waals surface area contributed by atoms with E-state index in [0.29, 0.717) is 23.8 Å². The third-order valence-corrected chi connectivity index (χ3v) is 7.36. The Balaban J connectivity index is 1.80. The molecule has 0 amide bonds. The van der Waals surface area contributed by atoms with Gasteiger partial charge in [0.15, 0.2) is 5.78 Å². The Kier molecular flexibility index (Phi) is 4.94. The first-order chi connectivity index (χ1) is 12.1. The molecule has 0 spiro atoms.